The van der Waals surface area contributed by atoms with Crippen LogP contribution in [0.3, 0.4) is 0 Å². The number of hydrogen-bond donors (Lipinski definition) is 1. The molecule has 0 saturated carbocycles. The van der Waals surface area contributed by atoms with Gasteiger partial charge in [0.1, 0.15) is 0 Å². The summed E-state index contributed by atoms with van der Waals surface area (Å²) >= 11 is 0. The summed E-state index contributed by atoms with van der Waals surface area (Å²) in [5.41, 5.74) is 5.80. The zero-order valence-electron chi connectivity index (χ0n) is 7.09. The molecule has 0 radical (unpaired) electrons. The Morgan fingerprint density at radius 2 is 1.80 bits per heavy atom. The molecule has 0 aromatic carbocycles. The predicted molar refractivity (Wildman–Crippen MR) is 48.6 cm³/mol. The van der Waals surface area contributed by atoms with Crippen LogP contribution in [0.15, 0.2) is 36.6 Å². The van der Waals surface area contributed by atoms with Crippen molar-refractivity contribution in [1.82, 2.24) is 0 Å². The van der Waals surface area contributed by atoms with Gasteiger partial charge in [0.2, 0.25) is 0 Å². The third-order valence-electron chi connectivity index (χ3n) is 0.614. The fourth-order valence-corrected chi connectivity index (χ4v) is 0.290. The molecular formula is C9H17N. The fourth-order valence-electron chi connectivity index (χ4n) is 0.290. The first-order valence-corrected chi connectivity index (χ1v) is 3.51. The van der Waals surface area contributed by atoms with Crippen molar-refractivity contribution in [3.05, 3.63) is 36.6 Å². The molecule has 0 aliphatic rings. The third-order valence-corrected chi connectivity index (χ3v) is 0.614. The van der Waals surface area contributed by atoms with Crippen molar-refractivity contribution in [1.29, 1.82) is 0 Å². The first-order valence-electron chi connectivity index (χ1n) is 3.51. The Morgan fingerprint density at radius 3 is 2.10 bits per heavy atom. The van der Waals surface area contributed by atoms with E-state index >= 15 is 0 Å². The van der Waals surface area contributed by atoms with Crippen molar-refractivity contribution in [2.45, 2.75) is 20.8 Å². The molecule has 58 valence electrons. The molecule has 0 aromatic rings. The van der Waals surface area contributed by atoms with Crippen LogP contribution < -0.4 is 5.73 Å². The summed E-state index contributed by atoms with van der Waals surface area (Å²) in [6, 6.07) is 0. The van der Waals surface area contributed by atoms with Gasteiger partial charge in [0, 0.05) is 5.70 Å². The summed E-state index contributed by atoms with van der Waals surface area (Å²) in [7, 11) is 0. The Balaban J connectivity index is 0. The lowest BCUT2D eigenvalue weighted by molar-refractivity contribution is 1.45. The molecule has 10 heavy (non-hydrogen) atoms. The van der Waals surface area contributed by atoms with Crippen molar-refractivity contribution in [3.8, 4) is 0 Å². The van der Waals surface area contributed by atoms with Gasteiger partial charge in [0.05, 0.1) is 0 Å². The summed E-state index contributed by atoms with van der Waals surface area (Å²) in [6.07, 6.45) is 7.43. The maximum Gasteiger partial charge on any atom is 0.0240 e. The van der Waals surface area contributed by atoms with Crippen LogP contribution in [-0.2, 0) is 0 Å². The van der Waals surface area contributed by atoms with Crippen molar-refractivity contribution in [2.24, 2.45) is 5.73 Å². The highest BCUT2D eigenvalue weighted by atomic mass is 14.5. The van der Waals surface area contributed by atoms with E-state index in [1.165, 1.54) is 0 Å². The minimum absolute atomic E-state index is 0.586. The SMILES string of the molecule is C=C(N)/C=C\C=C/C.CC. The molecule has 1 nitrogen and oxygen atoms in total. The zero-order chi connectivity index (χ0) is 8.41. The molecule has 0 aliphatic heterocycles. The van der Waals surface area contributed by atoms with Crippen LogP contribution in [0.4, 0.5) is 0 Å². The number of nitrogens with two attached hydrogens (primary N) is 1. The average Bonchev–Trinajstić information content (AvgIpc) is 1.92. The standard InChI is InChI=1S/C7H11N.C2H6/c1-3-4-5-6-7(2)8;1-2/h3-6H,2,8H2,1H3;1-2H3/b4-3-,6-5-;. The van der Waals surface area contributed by atoms with Gasteiger partial charge in [-0.2, -0.15) is 0 Å². The van der Waals surface area contributed by atoms with Crippen LogP contribution in [0.1, 0.15) is 20.8 Å². The smallest absolute Gasteiger partial charge is 0.0240 e. The van der Waals surface area contributed by atoms with E-state index in [-0.39, 0.29) is 0 Å². The first kappa shape index (κ1) is 11.8. The van der Waals surface area contributed by atoms with Gasteiger partial charge in [-0.3, -0.25) is 0 Å². The van der Waals surface area contributed by atoms with Crippen molar-refractivity contribution in [3.63, 3.8) is 0 Å². The second-order valence-corrected chi connectivity index (χ2v) is 1.46. The minimum atomic E-state index is 0.586. The lowest BCUT2D eigenvalue weighted by Crippen LogP contribution is -1.87. The highest BCUT2D eigenvalue weighted by molar-refractivity contribution is 5.15. The topological polar surface area (TPSA) is 26.0 Å². The van der Waals surface area contributed by atoms with Gasteiger partial charge in [-0.05, 0) is 13.0 Å². The van der Waals surface area contributed by atoms with E-state index in [2.05, 4.69) is 6.58 Å². The molecule has 0 bridgehead atoms. The normalized spacial score (nSPS) is 9.50. The minimum Gasteiger partial charge on any atom is -0.399 e. The van der Waals surface area contributed by atoms with Crippen molar-refractivity contribution >= 4 is 0 Å². The Kier molecular flexibility index (Phi) is 12.8. The highest BCUT2D eigenvalue weighted by Crippen LogP contribution is 1.81. The van der Waals surface area contributed by atoms with Crippen LogP contribution in [0, 0.1) is 0 Å². The van der Waals surface area contributed by atoms with Gasteiger partial charge >= 0.3 is 0 Å². The Bertz CT molecular complexity index is 121. The van der Waals surface area contributed by atoms with E-state index in [9.17, 15) is 0 Å². The van der Waals surface area contributed by atoms with Gasteiger partial charge in [-0.25, -0.2) is 0 Å². The van der Waals surface area contributed by atoms with E-state index in [1.54, 1.807) is 6.08 Å². The van der Waals surface area contributed by atoms with Crippen LogP contribution in [-0.4, -0.2) is 0 Å². The van der Waals surface area contributed by atoms with Crippen LogP contribution in [0.5, 0.6) is 0 Å². The average molecular weight is 139 g/mol. The monoisotopic (exact) mass is 139 g/mol. The van der Waals surface area contributed by atoms with E-state index in [0.717, 1.165) is 0 Å². The summed E-state index contributed by atoms with van der Waals surface area (Å²) < 4.78 is 0. The zero-order valence-corrected chi connectivity index (χ0v) is 7.09. The molecule has 0 saturated heterocycles. The molecule has 1 heteroatoms. The van der Waals surface area contributed by atoms with Crippen LogP contribution in [0.2, 0.25) is 0 Å². The molecule has 0 rings (SSSR count). The predicted octanol–water partition coefficient (Wildman–Crippen LogP) is 2.62. The molecule has 0 aromatic heterocycles. The molecule has 0 spiro atoms. The van der Waals surface area contributed by atoms with E-state index < -0.39 is 0 Å². The Morgan fingerprint density at radius 1 is 1.30 bits per heavy atom. The van der Waals surface area contributed by atoms with Crippen LogP contribution >= 0.6 is 0 Å². The quantitative estimate of drug-likeness (QED) is 0.585. The maximum atomic E-state index is 5.22. The van der Waals surface area contributed by atoms with Crippen molar-refractivity contribution < 1.29 is 0 Å². The number of hydrogen-bond acceptors (Lipinski definition) is 1. The summed E-state index contributed by atoms with van der Waals surface area (Å²) in [5.74, 6) is 0. The summed E-state index contributed by atoms with van der Waals surface area (Å²) in [4.78, 5) is 0. The summed E-state index contributed by atoms with van der Waals surface area (Å²) in [5, 5.41) is 0. The largest absolute Gasteiger partial charge is 0.399 e. The van der Waals surface area contributed by atoms with E-state index in [1.807, 2.05) is 39.0 Å². The summed E-state index contributed by atoms with van der Waals surface area (Å²) in [6.45, 7) is 9.43. The lowest BCUT2D eigenvalue weighted by Gasteiger charge is -1.79. The number of rotatable bonds is 2. The van der Waals surface area contributed by atoms with Gasteiger partial charge in [0.25, 0.3) is 0 Å². The second kappa shape index (κ2) is 10.9. The second-order valence-electron chi connectivity index (χ2n) is 1.46. The van der Waals surface area contributed by atoms with Gasteiger partial charge in [-0.1, -0.05) is 38.7 Å². The van der Waals surface area contributed by atoms with Gasteiger partial charge < -0.3 is 5.73 Å². The highest BCUT2D eigenvalue weighted by Gasteiger charge is 1.66. The maximum absolute atomic E-state index is 5.22. The lowest BCUT2D eigenvalue weighted by atomic mass is 10.4. The Hall–Kier alpha value is -0.980. The van der Waals surface area contributed by atoms with Gasteiger partial charge in [0.15, 0.2) is 0 Å². The fraction of sp³-hybridized carbons (Fsp3) is 0.333. The molecule has 0 unspecified atom stereocenters. The van der Waals surface area contributed by atoms with Crippen molar-refractivity contribution in [2.75, 3.05) is 0 Å². The molecule has 2 N–H and O–H groups in total. The van der Waals surface area contributed by atoms with E-state index in [4.69, 9.17) is 5.73 Å². The number of allylic oxidation sites excluding steroid dienone is 4. The molecule has 0 fully saturated rings. The third kappa shape index (κ3) is 15.7. The molecule has 0 heterocycles. The molecule has 0 atom stereocenters. The van der Waals surface area contributed by atoms with Crippen LogP contribution in [0.25, 0.3) is 0 Å². The van der Waals surface area contributed by atoms with Gasteiger partial charge in [-0.15, -0.1) is 0 Å². The molecule has 0 amide bonds. The molecular weight excluding hydrogens is 122 g/mol. The van der Waals surface area contributed by atoms with E-state index in [0.29, 0.717) is 5.70 Å². The first-order chi connectivity index (χ1) is 4.77. The molecule has 0 aliphatic carbocycles. The Labute approximate surface area is 63.9 Å².